The van der Waals surface area contributed by atoms with Crippen LogP contribution < -0.4 is 0 Å². The molecule has 3 rings (SSSR count). The van der Waals surface area contributed by atoms with Crippen LogP contribution in [0.1, 0.15) is 27.4 Å². The molecule has 0 fully saturated rings. The van der Waals surface area contributed by atoms with E-state index in [9.17, 15) is 4.79 Å². The van der Waals surface area contributed by atoms with Crippen molar-refractivity contribution in [1.82, 2.24) is 25.4 Å². The van der Waals surface area contributed by atoms with Crippen molar-refractivity contribution in [2.24, 2.45) is 0 Å². The summed E-state index contributed by atoms with van der Waals surface area (Å²) in [6, 6.07) is 9.73. The molecule has 1 amide bonds. The number of aryl methyl sites for hydroxylation is 2. The van der Waals surface area contributed by atoms with Gasteiger partial charge >= 0.3 is 0 Å². The molecule has 118 valence electrons. The number of benzene rings is 1. The largest absolute Gasteiger partial charge is 0.334 e. The van der Waals surface area contributed by atoms with E-state index in [4.69, 9.17) is 0 Å². The van der Waals surface area contributed by atoms with Gasteiger partial charge in [-0.25, -0.2) is 4.63 Å². The quantitative estimate of drug-likeness (QED) is 0.799. The van der Waals surface area contributed by atoms with Crippen molar-refractivity contribution in [3.05, 3.63) is 53.0 Å². The van der Waals surface area contributed by atoms with Crippen LogP contribution in [0.15, 0.2) is 35.0 Å². The number of nitrogens with zero attached hydrogens (tertiary/aromatic N) is 4. The van der Waals surface area contributed by atoms with E-state index in [0.717, 1.165) is 11.3 Å². The minimum absolute atomic E-state index is 0.168. The number of carbonyl (C=O) groups is 1. The second kappa shape index (κ2) is 6.04. The van der Waals surface area contributed by atoms with Crippen LogP contribution in [-0.2, 0) is 6.54 Å². The fourth-order valence-electron chi connectivity index (χ4n) is 2.20. The molecule has 2 aromatic heterocycles. The first-order chi connectivity index (χ1) is 11.0. The molecule has 0 spiro atoms. The average molecular weight is 311 g/mol. The molecule has 0 aliphatic heterocycles. The fourth-order valence-corrected chi connectivity index (χ4v) is 2.20. The van der Waals surface area contributed by atoms with Crippen molar-refractivity contribution >= 4 is 5.91 Å². The van der Waals surface area contributed by atoms with Crippen LogP contribution in [-0.4, -0.2) is 38.4 Å². The number of amides is 1. The van der Waals surface area contributed by atoms with E-state index < -0.39 is 0 Å². The highest BCUT2D eigenvalue weighted by molar-refractivity contribution is 5.93. The second-order valence-corrected chi connectivity index (χ2v) is 5.49. The Morgan fingerprint density at radius 3 is 2.61 bits per heavy atom. The number of aromatic nitrogens is 4. The molecule has 0 radical (unpaired) electrons. The maximum Gasteiger partial charge on any atom is 0.271 e. The van der Waals surface area contributed by atoms with E-state index in [1.165, 1.54) is 5.56 Å². The molecule has 7 heteroatoms. The summed E-state index contributed by atoms with van der Waals surface area (Å²) in [5, 5.41) is 14.5. The van der Waals surface area contributed by atoms with Crippen LogP contribution >= 0.6 is 0 Å². The van der Waals surface area contributed by atoms with E-state index in [1.807, 2.05) is 31.2 Å². The van der Waals surface area contributed by atoms with E-state index in [0.29, 0.717) is 23.6 Å². The van der Waals surface area contributed by atoms with Crippen molar-refractivity contribution in [3.8, 4) is 11.3 Å². The maximum absolute atomic E-state index is 12.5. The van der Waals surface area contributed by atoms with Crippen LogP contribution in [0.2, 0.25) is 0 Å². The number of hydrogen-bond donors (Lipinski definition) is 1. The van der Waals surface area contributed by atoms with Gasteiger partial charge in [-0.1, -0.05) is 40.1 Å². The molecule has 0 aliphatic carbocycles. The zero-order chi connectivity index (χ0) is 16.4. The van der Waals surface area contributed by atoms with Gasteiger partial charge in [-0.2, -0.15) is 5.10 Å². The SMILES string of the molecule is Cc1ccc(-c2cc(C(=O)N(C)Cc3nonc3C)[nH]n2)cc1. The Labute approximate surface area is 133 Å². The van der Waals surface area contributed by atoms with Gasteiger partial charge in [0.15, 0.2) is 0 Å². The number of H-pyrrole nitrogens is 1. The minimum atomic E-state index is -0.168. The summed E-state index contributed by atoms with van der Waals surface area (Å²) >= 11 is 0. The van der Waals surface area contributed by atoms with E-state index >= 15 is 0 Å². The van der Waals surface area contributed by atoms with Gasteiger partial charge < -0.3 is 4.90 Å². The number of nitrogens with one attached hydrogen (secondary N) is 1. The molecule has 1 N–H and O–H groups in total. The summed E-state index contributed by atoms with van der Waals surface area (Å²) in [7, 11) is 1.70. The number of carbonyl (C=O) groups excluding carboxylic acids is 1. The Morgan fingerprint density at radius 2 is 1.96 bits per heavy atom. The highest BCUT2D eigenvalue weighted by Gasteiger charge is 2.18. The Morgan fingerprint density at radius 1 is 1.22 bits per heavy atom. The zero-order valence-corrected chi connectivity index (χ0v) is 13.2. The minimum Gasteiger partial charge on any atom is -0.334 e. The van der Waals surface area contributed by atoms with Crippen LogP contribution in [0.3, 0.4) is 0 Å². The summed E-state index contributed by atoms with van der Waals surface area (Å²) in [5.41, 5.74) is 4.62. The zero-order valence-electron chi connectivity index (χ0n) is 13.2. The molecule has 0 saturated heterocycles. The van der Waals surface area contributed by atoms with E-state index in [1.54, 1.807) is 24.9 Å². The Hall–Kier alpha value is -2.96. The van der Waals surface area contributed by atoms with E-state index in [-0.39, 0.29) is 5.91 Å². The third kappa shape index (κ3) is 3.13. The first-order valence-corrected chi connectivity index (χ1v) is 7.20. The molecule has 0 bridgehead atoms. The number of aromatic amines is 1. The van der Waals surface area contributed by atoms with Crippen molar-refractivity contribution in [2.75, 3.05) is 7.05 Å². The Bertz CT molecular complexity index is 819. The van der Waals surface area contributed by atoms with Crippen molar-refractivity contribution in [1.29, 1.82) is 0 Å². The molecular weight excluding hydrogens is 294 g/mol. The lowest BCUT2D eigenvalue weighted by Gasteiger charge is -2.14. The lowest BCUT2D eigenvalue weighted by Crippen LogP contribution is -2.27. The van der Waals surface area contributed by atoms with Gasteiger partial charge in [0, 0.05) is 12.6 Å². The molecule has 7 nitrogen and oxygen atoms in total. The predicted octanol–water partition coefficient (Wildman–Crippen LogP) is 2.35. The molecule has 0 saturated carbocycles. The standard InChI is InChI=1S/C16H17N5O2/c1-10-4-6-12(7-5-10)13-8-14(18-17-13)16(22)21(3)9-15-11(2)19-23-20-15/h4-8H,9H2,1-3H3,(H,17,18). The Kier molecular flexibility index (Phi) is 3.92. The molecule has 0 aliphatic rings. The highest BCUT2D eigenvalue weighted by Crippen LogP contribution is 2.19. The molecular formula is C16H17N5O2. The fraction of sp³-hybridized carbons (Fsp3) is 0.250. The van der Waals surface area contributed by atoms with Gasteiger partial charge in [-0.3, -0.25) is 9.89 Å². The number of hydrogen-bond acceptors (Lipinski definition) is 5. The van der Waals surface area contributed by atoms with Crippen LogP contribution in [0.4, 0.5) is 0 Å². The van der Waals surface area contributed by atoms with Gasteiger partial charge in [0.05, 0.1) is 12.2 Å². The average Bonchev–Trinajstić information content (AvgIpc) is 3.17. The highest BCUT2D eigenvalue weighted by atomic mass is 16.6. The summed E-state index contributed by atoms with van der Waals surface area (Å²) < 4.78 is 4.65. The molecule has 1 aromatic carbocycles. The lowest BCUT2D eigenvalue weighted by atomic mass is 10.1. The molecule has 2 heterocycles. The third-order valence-corrected chi connectivity index (χ3v) is 3.64. The molecule has 0 atom stereocenters. The van der Waals surface area contributed by atoms with Crippen LogP contribution in [0.25, 0.3) is 11.3 Å². The van der Waals surface area contributed by atoms with Crippen LogP contribution in [0.5, 0.6) is 0 Å². The summed E-state index contributed by atoms with van der Waals surface area (Å²) in [6.07, 6.45) is 0. The lowest BCUT2D eigenvalue weighted by molar-refractivity contribution is 0.0776. The van der Waals surface area contributed by atoms with Crippen molar-refractivity contribution < 1.29 is 9.42 Å². The van der Waals surface area contributed by atoms with E-state index in [2.05, 4.69) is 25.1 Å². The number of rotatable bonds is 4. The van der Waals surface area contributed by atoms with Gasteiger partial charge in [0.2, 0.25) is 0 Å². The second-order valence-electron chi connectivity index (χ2n) is 5.49. The molecule has 23 heavy (non-hydrogen) atoms. The summed E-state index contributed by atoms with van der Waals surface area (Å²) in [4.78, 5) is 14.0. The Balaban J connectivity index is 1.75. The first kappa shape index (κ1) is 15.0. The summed E-state index contributed by atoms with van der Waals surface area (Å²) in [6.45, 7) is 4.14. The predicted molar refractivity (Wildman–Crippen MR) is 83.6 cm³/mol. The van der Waals surface area contributed by atoms with Gasteiger partial charge in [0.25, 0.3) is 5.91 Å². The normalized spacial score (nSPS) is 10.7. The smallest absolute Gasteiger partial charge is 0.271 e. The van der Waals surface area contributed by atoms with Gasteiger partial charge in [0.1, 0.15) is 17.1 Å². The first-order valence-electron chi connectivity index (χ1n) is 7.20. The van der Waals surface area contributed by atoms with Crippen molar-refractivity contribution in [3.63, 3.8) is 0 Å². The molecule has 3 aromatic rings. The monoisotopic (exact) mass is 311 g/mol. The van der Waals surface area contributed by atoms with Crippen molar-refractivity contribution in [2.45, 2.75) is 20.4 Å². The molecule has 0 unspecified atom stereocenters. The topological polar surface area (TPSA) is 87.9 Å². The maximum atomic E-state index is 12.5. The van der Waals surface area contributed by atoms with Gasteiger partial charge in [-0.05, 0) is 19.9 Å². The summed E-state index contributed by atoms with van der Waals surface area (Å²) in [5.74, 6) is -0.168. The van der Waals surface area contributed by atoms with Crippen LogP contribution in [0, 0.1) is 13.8 Å². The third-order valence-electron chi connectivity index (χ3n) is 3.64. The van der Waals surface area contributed by atoms with Gasteiger partial charge in [-0.15, -0.1) is 0 Å².